The maximum atomic E-state index is 7.76. The summed E-state index contributed by atoms with van der Waals surface area (Å²) in [5.41, 5.74) is 11.3. The monoisotopic (exact) mass is 697 g/mol. The van der Waals surface area contributed by atoms with Crippen LogP contribution in [0.3, 0.4) is 0 Å². The highest BCUT2D eigenvalue weighted by molar-refractivity contribution is 8.13. The van der Waals surface area contributed by atoms with Crippen molar-refractivity contribution in [3.8, 4) is 0 Å². The van der Waals surface area contributed by atoms with Gasteiger partial charge in [-0.05, 0) is 25.4 Å². The molecule has 272 valence electrons. The van der Waals surface area contributed by atoms with Crippen LogP contribution in [0.25, 0.3) is 0 Å². The van der Waals surface area contributed by atoms with Crippen LogP contribution in [0.5, 0.6) is 0 Å². The number of amidine groups is 2. The van der Waals surface area contributed by atoms with Gasteiger partial charge in [0.15, 0.2) is 10.3 Å². The summed E-state index contributed by atoms with van der Waals surface area (Å²) < 4.78 is 3.93. The summed E-state index contributed by atoms with van der Waals surface area (Å²) in [5, 5.41) is 1.45. The molecule has 0 aromatic carbocycles. The Morgan fingerprint density at radius 2 is 0.689 bits per heavy atom. The van der Waals surface area contributed by atoms with Crippen molar-refractivity contribution in [3.05, 3.63) is 0 Å². The molecule has 0 saturated heterocycles. The van der Waals surface area contributed by atoms with Crippen LogP contribution in [0.15, 0.2) is 9.98 Å². The largest absolute Gasteiger partial charge is 0.379 e. The molecule has 0 bridgehead atoms. The minimum absolute atomic E-state index is 0.726. The maximum absolute atomic E-state index is 7.76. The molecule has 7 nitrogen and oxygen atoms in total. The molecule has 0 fully saturated rings. The van der Waals surface area contributed by atoms with Crippen molar-refractivity contribution in [2.24, 2.45) is 21.5 Å². The Kier molecular flexibility index (Phi) is 50.5. The molecular weight excluding hydrogens is 620 g/mol. The molecule has 0 aromatic heterocycles. The predicted molar refractivity (Wildman–Crippen MR) is 210 cm³/mol. The smallest absolute Gasteiger partial charge is 0.326 e. The second-order valence-electron chi connectivity index (χ2n) is 11.8. The summed E-state index contributed by atoms with van der Waals surface area (Å²) in [4.78, 5) is 24.1. The van der Waals surface area contributed by atoms with Crippen molar-refractivity contribution in [1.82, 2.24) is 0 Å². The maximum Gasteiger partial charge on any atom is 0.326 e. The molecule has 45 heavy (non-hydrogen) atoms. The third-order valence-corrected chi connectivity index (χ3v) is 9.06. The highest BCUT2D eigenvalue weighted by atomic mass is 32.2. The number of unbranched alkanes of at least 4 members (excludes halogenated alkanes) is 24. The Bertz CT molecular complexity index is 557. The van der Waals surface area contributed by atoms with Gasteiger partial charge in [0.25, 0.3) is 0 Å². The van der Waals surface area contributed by atoms with Gasteiger partial charge in [-0.1, -0.05) is 191 Å². The van der Waals surface area contributed by atoms with Gasteiger partial charge in [0, 0.05) is 20.2 Å². The average Bonchev–Trinajstić information content (AvgIpc) is 3.05. The van der Waals surface area contributed by atoms with Crippen LogP contribution in [0.1, 0.15) is 181 Å². The summed E-state index contributed by atoms with van der Waals surface area (Å²) >= 11 is 3.08. The van der Waals surface area contributed by atoms with E-state index in [-0.39, 0.29) is 0 Å². The molecule has 0 saturated carbocycles. The number of hydrogen-bond donors (Lipinski definition) is 4. The highest BCUT2D eigenvalue weighted by Crippen LogP contribution is 2.21. The minimum atomic E-state index is -2.10. The fraction of sp³-hybridized carbons (Fsp3) is 0.943. The molecule has 6 N–H and O–H groups in total. The average molecular weight is 697 g/mol. The lowest BCUT2D eigenvalue weighted by atomic mass is 10.0. The number of rotatable bonds is 29. The van der Waals surface area contributed by atoms with Gasteiger partial charge in [-0.25, -0.2) is 0 Å². The molecule has 0 amide bonds. The van der Waals surface area contributed by atoms with Gasteiger partial charge in [-0.3, -0.25) is 9.98 Å². The number of thioether (sulfide) groups is 2. The first-order chi connectivity index (χ1) is 21.9. The number of nitrogens with two attached hydrogens (primary N) is 2. The molecule has 0 unspecified atom stereocenters. The molecule has 0 heterocycles. The van der Waals surface area contributed by atoms with Crippen LogP contribution in [0.2, 0.25) is 0 Å². The van der Waals surface area contributed by atoms with E-state index < -0.39 is 8.60 Å². The number of hydrogen-bond acceptors (Lipinski definition) is 7. The van der Waals surface area contributed by atoms with E-state index in [2.05, 4.69) is 28.4 Å². The predicted octanol–water partition coefficient (Wildman–Crippen LogP) is 11.4. The summed E-state index contributed by atoms with van der Waals surface area (Å²) in [7, 11) is -0.870. The zero-order valence-electron chi connectivity index (χ0n) is 30.4. The van der Waals surface area contributed by atoms with Gasteiger partial charge in [-0.15, -0.1) is 0 Å². The van der Waals surface area contributed by atoms with E-state index in [9.17, 15) is 0 Å². The topological polar surface area (TPSA) is 126 Å². The summed E-state index contributed by atoms with van der Waals surface area (Å²) in [6.45, 7) is 6.38. The third-order valence-electron chi connectivity index (χ3n) is 7.64. The van der Waals surface area contributed by atoms with Crippen molar-refractivity contribution in [3.63, 3.8) is 0 Å². The summed E-state index contributed by atoms with van der Waals surface area (Å²) in [5.74, 6) is 0. The first-order valence-corrected chi connectivity index (χ1v) is 21.9. The molecule has 0 aromatic rings. The Hall–Kier alpha value is -0.0500. The van der Waals surface area contributed by atoms with Crippen molar-refractivity contribution in [1.29, 1.82) is 0 Å². The van der Waals surface area contributed by atoms with E-state index in [0.717, 1.165) is 23.4 Å². The van der Waals surface area contributed by atoms with Gasteiger partial charge in [0.1, 0.15) is 0 Å². The molecule has 0 spiro atoms. The van der Waals surface area contributed by atoms with Crippen LogP contribution >= 0.6 is 32.1 Å². The molecule has 10 heteroatoms. The lowest BCUT2D eigenvalue weighted by Crippen LogP contribution is -2.06. The summed E-state index contributed by atoms with van der Waals surface area (Å²) in [6.07, 6.45) is 40.3. The molecule has 0 radical (unpaired) electrons. The number of nitrogens with zero attached hydrogens (tertiary/aromatic N) is 2. The first-order valence-electron chi connectivity index (χ1n) is 18.3. The quantitative estimate of drug-likeness (QED) is 0.0265. The molecular formula is C35H77N4O3PS2. The van der Waals surface area contributed by atoms with Crippen LogP contribution in [0, 0.1) is 0 Å². The Morgan fingerprint density at radius 3 is 0.867 bits per heavy atom. The Balaban J connectivity index is -0.000000680. The zero-order valence-corrected chi connectivity index (χ0v) is 32.9. The van der Waals surface area contributed by atoms with E-state index in [4.69, 9.17) is 21.3 Å². The van der Waals surface area contributed by atoms with Gasteiger partial charge in [-0.2, -0.15) is 0 Å². The SMILES string of the molecule is CCCCCCCCCCCCCCCN=C(N)SC.CCCCCCCCCCCCCCCN=C(N)SC.COP(O)O. The lowest BCUT2D eigenvalue weighted by Gasteiger charge is -2.02. The fourth-order valence-corrected chi connectivity index (χ4v) is 5.21. The van der Waals surface area contributed by atoms with Gasteiger partial charge < -0.3 is 25.8 Å². The molecule has 0 aliphatic heterocycles. The van der Waals surface area contributed by atoms with E-state index >= 15 is 0 Å². The van der Waals surface area contributed by atoms with Crippen LogP contribution < -0.4 is 11.5 Å². The Morgan fingerprint density at radius 1 is 0.489 bits per heavy atom. The minimum Gasteiger partial charge on any atom is -0.379 e. The molecule has 0 aliphatic carbocycles. The third kappa shape index (κ3) is 53.7. The Labute approximate surface area is 290 Å². The van der Waals surface area contributed by atoms with E-state index in [1.807, 2.05) is 12.5 Å². The van der Waals surface area contributed by atoms with Crippen molar-refractivity contribution in [2.75, 3.05) is 32.7 Å². The molecule has 0 rings (SSSR count). The lowest BCUT2D eigenvalue weighted by molar-refractivity contribution is 0.310. The van der Waals surface area contributed by atoms with E-state index in [1.165, 1.54) is 198 Å². The highest BCUT2D eigenvalue weighted by Gasteiger charge is 1.95. The fourth-order valence-electron chi connectivity index (χ4n) is 4.77. The second-order valence-corrected chi connectivity index (χ2v) is 14.3. The zero-order chi connectivity index (χ0) is 34.1. The second kappa shape index (κ2) is 46.1. The van der Waals surface area contributed by atoms with Crippen molar-refractivity contribution in [2.45, 2.75) is 181 Å². The normalized spacial score (nSPS) is 11.7. The van der Waals surface area contributed by atoms with E-state index in [0.29, 0.717) is 0 Å². The van der Waals surface area contributed by atoms with E-state index in [1.54, 1.807) is 0 Å². The standard InChI is InChI=1S/2C17H36N2S.CH5O3P/c2*1-3-4-5-6-7-8-9-10-11-12-13-14-15-16-19-17(18)20-2;1-4-5(2)3/h2*3-16H2,1-2H3,(H2,18,19);2-3H,1H3. The molecule has 0 atom stereocenters. The van der Waals surface area contributed by atoms with Gasteiger partial charge >= 0.3 is 8.60 Å². The van der Waals surface area contributed by atoms with Gasteiger partial charge in [0.05, 0.1) is 0 Å². The van der Waals surface area contributed by atoms with Crippen molar-refractivity contribution >= 4 is 42.5 Å². The first kappa shape index (κ1) is 49.3. The van der Waals surface area contributed by atoms with Crippen LogP contribution in [-0.2, 0) is 4.52 Å². The summed E-state index contributed by atoms with van der Waals surface area (Å²) in [6, 6.07) is 0. The van der Waals surface area contributed by atoms with Gasteiger partial charge in [0.2, 0.25) is 0 Å². The van der Waals surface area contributed by atoms with Crippen molar-refractivity contribution < 1.29 is 14.3 Å². The molecule has 0 aliphatic rings. The van der Waals surface area contributed by atoms with Crippen LogP contribution in [-0.4, -0.2) is 52.8 Å². The van der Waals surface area contributed by atoms with Crippen LogP contribution in [0.4, 0.5) is 0 Å². The number of aliphatic imine (C=N–C) groups is 2.